The molecule has 2 unspecified atom stereocenters. The minimum Gasteiger partial charge on any atom is -0.396 e. The van der Waals surface area contributed by atoms with Crippen molar-refractivity contribution < 1.29 is 23.7 Å². The number of rotatable bonds is 9. The second-order valence-corrected chi connectivity index (χ2v) is 8.18. The van der Waals surface area contributed by atoms with Crippen molar-refractivity contribution in [2.75, 3.05) is 37.9 Å². The summed E-state index contributed by atoms with van der Waals surface area (Å²) in [5, 5.41) is 29.9. The Morgan fingerprint density at radius 2 is 1.90 bits per heavy atom. The highest BCUT2D eigenvalue weighted by molar-refractivity contribution is 8.15. The van der Waals surface area contributed by atoms with Gasteiger partial charge in [-0.05, 0) is 0 Å². The zero-order valence-corrected chi connectivity index (χ0v) is 12.7. The first-order chi connectivity index (χ1) is 9.54. The summed E-state index contributed by atoms with van der Waals surface area (Å²) in [6.07, 6.45) is 6.68. The van der Waals surface area contributed by atoms with Crippen molar-refractivity contribution in [3.63, 3.8) is 0 Å². The summed E-state index contributed by atoms with van der Waals surface area (Å²) >= 11 is 1.12. The number of aliphatic hydroxyl groups excluding tert-OH is 3. The average Bonchev–Trinajstić information content (AvgIpc) is 2.43. The van der Waals surface area contributed by atoms with Crippen LogP contribution in [0.4, 0.5) is 0 Å². The fourth-order valence-electron chi connectivity index (χ4n) is 2.04. The third-order valence-electron chi connectivity index (χ3n) is 2.92. The van der Waals surface area contributed by atoms with E-state index in [0.717, 1.165) is 11.8 Å². The van der Waals surface area contributed by atoms with E-state index >= 15 is 0 Å². The van der Waals surface area contributed by atoms with Crippen LogP contribution in [0.1, 0.15) is 0 Å². The highest BCUT2D eigenvalue weighted by Gasteiger charge is 2.47. The Labute approximate surface area is 123 Å². The van der Waals surface area contributed by atoms with Crippen LogP contribution in [-0.2, 0) is 9.84 Å². The molecule has 2 atom stereocenters. The third-order valence-corrected chi connectivity index (χ3v) is 7.34. The molecule has 0 heterocycles. The van der Waals surface area contributed by atoms with Gasteiger partial charge in [-0.1, -0.05) is 24.3 Å². The number of hydrogen-bond donors (Lipinski definition) is 4. The number of aliphatic hydroxyl groups is 3. The van der Waals surface area contributed by atoms with Crippen molar-refractivity contribution in [2.24, 2.45) is 0 Å². The maximum atomic E-state index is 12.5. The van der Waals surface area contributed by atoms with Crippen molar-refractivity contribution >= 4 is 21.6 Å². The van der Waals surface area contributed by atoms with Crippen molar-refractivity contribution in [3.05, 3.63) is 24.3 Å². The molecule has 116 valence electrons. The van der Waals surface area contributed by atoms with Crippen LogP contribution in [0.25, 0.3) is 0 Å². The Balaban J connectivity index is 3.13. The lowest BCUT2D eigenvalue weighted by Gasteiger charge is -2.37. The summed E-state index contributed by atoms with van der Waals surface area (Å²) in [4.78, 5) is 0. The fourth-order valence-corrected chi connectivity index (χ4v) is 5.58. The molecule has 4 N–H and O–H groups in total. The SMILES string of the molecule is O=S(=O)(CCO)C1(SCCO)C=CC=CC1NCCO. The van der Waals surface area contributed by atoms with E-state index in [1.54, 1.807) is 24.3 Å². The van der Waals surface area contributed by atoms with Gasteiger partial charge in [-0.2, -0.15) is 0 Å². The highest BCUT2D eigenvalue weighted by atomic mass is 32.3. The molecular weight excluding hydrogens is 302 g/mol. The second-order valence-electron chi connectivity index (χ2n) is 4.24. The highest BCUT2D eigenvalue weighted by Crippen LogP contribution is 2.39. The molecule has 0 aromatic carbocycles. The van der Waals surface area contributed by atoms with Gasteiger partial charge >= 0.3 is 0 Å². The minimum absolute atomic E-state index is 0.102. The van der Waals surface area contributed by atoms with Gasteiger partial charge in [0.25, 0.3) is 0 Å². The van der Waals surface area contributed by atoms with E-state index in [0.29, 0.717) is 0 Å². The lowest BCUT2D eigenvalue weighted by Crippen LogP contribution is -2.54. The number of thioether (sulfide) groups is 1. The normalized spacial score (nSPS) is 26.1. The largest absolute Gasteiger partial charge is 0.396 e. The van der Waals surface area contributed by atoms with Gasteiger partial charge in [0.1, 0.15) is 0 Å². The number of allylic oxidation sites excluding steroid dienone is 2. The van der Waals surface area contributed by atoms with Crippen molar-refractivity contribution in [1.29, 1.82) is 0 Å². The summed E-state index contributed by atoms with van der Waals surface area (Å²) in [5.74, 6) is -0.0823. The van der Waals surface area contributed by atoms with E-state index in [2.05, 4.69) is 5.32 Å². The predicted molar refractivity (Wildman–Crippen MR) is 80.3 cm³/mol. The first-order valence-electron chi connectivity index (χ1n) is 6.32. The number of hydrogen-bond acceptors (Lipinski definition) is 7. The number of nitrogens with one attached hydrogen (secondary N) is 1. The molecule has 1 aliphatic rings. The molecule has 0 radical (unpaired) electrons. The maximum Gasteiger partial charge on any atom is 0.173 e. The first-order valence-corrected chi connectivity index (χ1v) is 8.96. The molecule has 0 fully saturated rings. The molecule has 1 aliphatic carbocycles. The molecular formula is C12H21NO5S2. The molecule has 0 amide bonds. The van der Waals surface area contributed by atoms with Crippen molar-refractivity contribution in [3.8, 4) is 0 Å². The van der Waals surface area contributed by atoms with Crippen LogP contribution in [0.5, 0.6) is 0 Å². The Kier molecular flexibility index (Phi) is 7.21. The van der Waals surface area contributed by atoms with E-state index in [1.807, 2.05) is 0 Å². The Bertz CT molecular complexity index is 449. The van der Waals surface area contributed by atoms with E-state index in [4.69, 9.17) is 15.3 Å². The lowest BCUT2D eigenvalue weighted by molar-refractivity contribution is 0.287. The van der Waals surface area contributed by atoms with Crippen molar-refractivity contribution in [1.82, 2.24) is 5.32 Å². The van der Waals surface area contributed by atoms with Gasteiger partial charge in [-0.3, -0.25) is 0 Å². The van der Waals surface area contributed by atoms with E-state index in [1.165, 1.54) is 0 Å². The van der Waals surface area contributed by atoms with Crippen LogP contribution in [0, 0.1) is 0 Å². The lowest BCUT2D eigenvalue weighted by atomic mass is 10.1. The van der Waals surface area contributed by atoms with Crippen LogP contribution in [-0.4, -0.2) is 71.7 Å². The summed E-state index contributed by atoms with van der Waals surface area (Å²) in [5.41, 5.74) is 0. The monoisotopic (exact) mass is 323 g/mol. The number of sulfone groups is 1. The standard InChI is InChI=1S/C12H21NO5S2/c14-6-5-13-11-3-1-2-4-12(11,19-9-7-15)20(17,18)10-8-16/h1-4,11,13-16H,5-10H2. The summed E-state index contributed by atoms with van der Waals surface area (Å²) in [6, 6.07) is -0.521. The third kappa shape index (κ3) is 3.84. The minimum atomic E-state index is -3.63. The maximum absolute atomic E-state index is 12.5. The fraction of sp³-hybridized carbons (Fsp3) is 0.667. The van der Waals surface area contributed by atoms with Gasteiger partial charge in [-0.15, -0.1) is 11.8 Å². The van der Waals surface area contributed by atoms with Crippen molar-refractivity contribution in [2.45, 2.75) is 10.1 Å². The van der Waals surface area contributed by atoms with Crippen LogP contribution < -0.4 is 5.32 Å². The molecule has 20 heavy (non-hydrogen) atoms. The molecule has 8 heteroatoms. The molecule has 0 saturated heterocycles. The molecule has 0 aromatic rings. The van der Waals surface area contributed by atoms with Gasteiger partial charge in [0, 0.05) is 12.3 Å². The van der Waals surface area contributed by atoms with Crippen LogP contribution in [0.15, 0.2) is 24.3 Å². The van der Waals surface area contributed by atoms with E-state index < -0.39 is 26.6 Å². The van der Waals surface area contributed by atoms with Gasteiger partial charge in [0.05, 0.1) is 31.6 Å². The van der Waals surface area contributed by atoms with E-state index in [-0.39, 0.29) is 31.3 Å². The summed E-state index contributed by atoms with van der Waals surface area (Å²) < 4.78 is 23.8. The molecule has 0 bridgehead atoms. The first kappa shape index (κ1) is 17.7. The second kappa shape index (κ2) is 8.16. The molecule has 0 aromatic heterocycles. The van der Waals surface area contributed by atoms with Gasteiger partial charge < -0.3 is 20.6 Å². The van der Waals surface area contributed by atoms with Gasteiger partial charge in [-0.25, -0.2) is 8.42 Å². The topological polar surface area (TPSA) is 107 Å². The van der Waals surface area contributed by atoms with E-state index in [9.17, 15) is 8.42 Å². The summed E-state index contributed by atoms with van der Waals surface area (Å²) in [7, 11) is -3.63. The Hall–Kier alpha value is -0.380. The van der Waals surface area contributed by atoms with Crippen LogP contribution in [0.2, 0.25) is 0 Å². The van der Waals surface area contributed by atoms with Crippen LogP contribution >= 0.6 is 11.8 Å². The van der Waals surface area contributed by atoms with Crippen LogP contribution in [0.3, 0.4) is 0 Å². The molecule has 1 rings (SSSR count). The quantitative estimate of drug-likeness (QED) is 0.426. The van der Waals surface area contributed by atoms with Gasteiger partial charge in [0.2, 0.25) is 0 Å². The Morgan fingerprint density at radius 3 is 2.50 bits per heavy atom. The molecule has 0 aliphatic heterocycles. The molecule has 0 saturated carbocycles. The molecule has 0 spiro atoms. The zero-order valence-electron chi connectivity index (χ0n) is 11.1. The average molecular weight is 323 g/mol. The smallest absolute Gasteiger partial charge is 0.173 e. The zero-order chi connectivity index (χ0) is 15.1. The molecule has 6 nitrogen and oxygen atoms in total. The van der Waals surface area contributed by atoms with Gasteiger partial charge in [0.15, 0.2) is 13.9 Å². The Morgan fingerprint density at radius 1 is 1.15 bits per heavy atom. The summed E-state index contributed by atoms with van der Waals surface area (Å²) in [6.45, 7) is -0.423. The predicted octanol–water partition coefficient (Wildman–Crippen LogP) is -1.11.